The molecule has 5 nitrogen and oxygen atoms in total. The number of fused-ring (bicyclic) bond motifs is 2. The van der Waals surface area contributed by atoms with Gasteiger partial charge in [0.05, 0.1) is 23.1 Å². The number of halogens is 1. The number of nitrogen functional groups attached to an aromatic ring is 1. The Hall–Kier alpha value is -2.89. The summed E-state index contributed by atoms with van der Waals surface area (Å²) in [6.07, 6.45) is 0.461. The fourth-order valence-electron chi connectivity index (χ4n) is 2.48. The van der Waals surface area contributed by atoms with Crippen LogP contribution in [0.15, 0.2) is 36.4 Å². The number of aromatic amines is 2. The van der Waals surface area contributed by atoms with E-state index < -0.39 is 0 Å². The molecule has 0 saturated carbocycles. The molecule has 0 amide bonds. The summed E-state index contributed by atoms with van der Waals surface area (Å²) >= 11 is 0. The molecule has 104 valence electrons. The molecule has 0 radical (unpaired) electrons. The quantitative estimate of drug-likeness (QED) is 0.494. The van der Waals surface area contributed by atoms with E-state index in [9.17, 15) is 4.39 Å². The summed E-state index contributed by atoms with van der Waals surface area (Å²) < 4.78 is 13.6. The van der Waals surface area contributed by atoms with Gasteiger partial charge in [0.25, 0.3) is 0 Å². The van der Waals surface area contributed by atoms with Crippen LogP contribution >= 0.6 is 0 Å². The second-order valence-electron chi connectivity index (χ2n) is 4.92. The smallest absolute Gasteiger partial charge is 0.151 e. The third-order valence-corrected chi connectivity index (χ3v) is 3.44. The van der Waals surface area contributed by atoms with Gasteiger partial charge in [-0.1, -0.05) is 12.1 Å². The van der Waals surface area contributed by atoms with Crippen molar-refractivity contribution in [2.45, 2.75) is 6.42 Å². The Morgan fingerprint density at radius 1 is 0.905 bits per heavy atom. The summed E-state index contributed by atoms with van der Waals surface area (Å²) in [5.74, 6) is 1.07. The minimum absolute atomic E-state index is 0.330. The first kappa shape index (κ1) is 11.9. The molecular weight excluding hydrogens is 269 g/mol. The Morgan fingerprint density at radius 3 is 2.19 bits per heavy atom. The normalized spacial score (nSPS) is 11.5. The van der Waals surface area contributed by atoms with Crippen molar-refractivity contribution in [2.75, 3.05) is 5.73 Å². The molecule has 0 aliphatic carbocycles. The van der Waals surface area contributed by atoms with Gasteiger partial charge in [0, 0.05) is 0 Å². The van der Waals surface area contributed by atoms with E-state index in [4.69, 9.17) is 5.73 Å². The fraction of sp³-hybridized carbons (Fsp3) is 0.0667. The number of imidazole rings is 2. The minimum atomic E-state index is -0.330. The van der Waals surface area contributed by atoms with Crippen molar-refractivity contribution in [3.05, 3.63) is 53.9 Å². The highest BCUT2D eigenvalue weighted by molar-refractivity contribution is 5.86. The van der Waals surface area contributed by atoms with Gasteiger partial charge in [-0.3, -0.25) is 0 Å². The van der Waals surface area contributed by atoms with Crippen molar-refractivity contribution in [1.29, 1.82) is 0 Å². The number of nitrogens with one attached hydrogen (secondary N) is 2. The predicted octanol–water partition coefficient (Wildman–Crippen LogP) is 2.75. The molecule has 2 aromatic carbocycles. The average molecular weight is 281 g/mol. The molecular formula is C15H12FN5. The molecule has 4 aromatic rings. The number of benzene rings is 2. The summed E-state index contributed by atoms with van der Waals surface area (Å²) in [6.45, 7) is 0. The maximum Gasteiger partial charge on any atom is 0.151 e. The Bertz CT molecular complexity index is 875. The van der Waals surface area contributed by atoms with E-state index in [1.807, 2.05) is 18.2 Å². The summed E-state index contributed by atoms with van der Waals surface area (Å²) in [4.78, 5) is 15.0. The monoisotopic (exact) mass is 281 g/mol. The zero-order chi connectivity index (χ0) is 14.4. The zero-order valence-electron chi connectivity index (χ0n) is 11.0. The van der Waals surface area contributed by atoms with Gasteiger partial charge in [-0.2, -0.15) is 0 Å². The van der Waals surface area contributed by atoms with Crippen molar-refractivity contribution >= 4 is 27.8 Å². The standard InChI is InChI=1S/C15H12FN5/c16-8-3-1-5-10-14(8)20-12(18-10)7-13-19-11-6-2-4-9(17)15(11)21-13/h1-6H,7,17H2,(H,18,20)(H,19,21). The van der Waals surface area contributed by atoms with Gasteiger partial charge in [0.2, 0.25) is 0 Å². The van der Waals surface area contributed by atoms with Crippen LogP contribution in [0, 0.1) is 5.82 Å². The highest BCUT2D eigenvalue weighted by atomic mass is 19.1. The third-order valence-electron chi connectivity index (χ3n) is 3.44. The third kappa shape index (κ3) is 1.92. The Labute approximate surface area is 119 Å². The van der Waals surface area contributed by atoms with Crippen LogP contribution in [0.3, 0.4) is 0 Å². The number of aromatic nitrogens is 4. The summed E-state index contributed by atoms with van der Waals surface area (Å²) in [5, 5.41) is 0. The number of H-pyrrole nitrogens is 2. The molecule has 0 fully saturated rings. The van der Waals surface area contributed by atoms with Crippen LogP contribution in [-0.2, 0) is 6.42 Å². The van der Waals surface area contributed by atoms with Crippen molar-refractivity contribution < 1.29 is 4.39 Å². The van der Waals surface area contributed by atoms with E-state index in [2.05, 4.69) is 19.9 Å². The number of nitrogens with zero attached hydrogens (tertiary/aromatic N) is 2. The maximum atomic E-state index is 13.6. The highest BCUT2D eigenvalue weighted by Gasteiger charge is 2.10. The molecule has 0 bridgehead atoms. The molecule has 21 heavy (non-hydrogen) atoms. The van der Waals surface area contributed by atoms with Gasteiger partial charge < -0.3 is 15.7 Å². The van der Waals surface area contributed by atoms with Crippen molar-refractivity contribution in [3.8, 4) is 0 Å². The summed E-state index contributed by atoms with van der Waals surface area (Å²) in [5.41, 5.74) is 9.18. The number of nitrogens with two attached hydrogens (primary N) is 1. The molecule has 0 atom stereocenters. The number of rotatable bonds is 2. The van der Waals surface area contributed by atoms with E-state index in [0.717, 1.165) is 16.9 Å². The lowest BCUT2D eigenvalue weighted by Gasteiger charge is -1.91. The first-order valence-corrected chi connectivity index (χ1v) is 6.57. The lowest BCUT2D eigenvalue weighted by atomic mass is 10.3. The zero-order valence-corrected chi connectivity index (χ0v) is 11.0. The van der Waals surface area contributed by atoms with Crippen LogP contribution < -0.4 is 5.73 Å². The largest absolute Gasteiger partial charge is 0.397 e. The molecule has 0 unspecified atom stereocenters. The molecule has 6 heteroatoms. The topological polar surface area (TPSA) is 83.4 Å². The lowest BCUT2D eigenvalue weighted by Crippen LogP contribution is -1.93. The van der Waals surface area contributed by atoms with Crippen molar-refractivity contribution in [2.24, 2.45) is 0 Å². The Morgan fingerprint density at radius 2 is 1.52 bits per heavy atom. The highest BCUT2D eigenvalue weighted by Crippen LogP contribution is 2.20. The van der Waals surface area contributed by atoms with Crippen molar-refractivity contribution in [3.63, 3.8) is 0 Å². The van der Waals surface area contributed by atoms with Crippen LogP contribution in [0.25, 0.3) is 22.1 Å². The summed E-state index contributed by atoms with van der Waals surface area (Å²) in [6, 6.07) is 10.4. The number of hydrogen-bond donors (Lipinski definition) is 3. The van der Waals surface area contributed by atoms with Gasteiger partial charge in [0.1, 0.15) is 22.7 Å². The average Bonchev–Trinajstić information content (AvgIpc) is 3.04. The van der Waals surface area contributed by atoms with Gasteiger partial charge >= 0.3 is 0 Å². The number of hydrogen-bond acceptors (Lipinski definition) is 3. The second kappa shape index (κ2) is 4.31. The maximum absolute atomic E-state index is 13.6. The van der Waals surface area contributed by atoms with Gasteiger partial charge in [-0.25, -0.2) is 14.4 Å². The lowest BCUT2D eigenvalue weighted by molar-refractivity contribution is 0.637. The van der Waals surface area contributed by atoms with E-state index in [0.29, 0.717) is 29.0 Å². The predicted molar refractivity (Wildman–Crippen MR) is 79.4 cm³/mol. The van der Waals surface area contributed by atoms with Gasteiger partial charge in [-0.15, -0.1) is 0 Å². The second-order valence-corrected chi connectivity index (χ2v) is 4.92. The van der Waals surface area contributed by atoms with Gasteiger partial charge in [0.15, 0.2) is 5.82 Å². The van der Waals surface area contributed by atoms with Crippen LogP contribution in [-0.4, -0.2) is 19.9 Å². The number of anilines is 1. The van der Waals surface area contributed by atoms with Crippen LogP contribution in [0.4, 0.5) is 10.1 Å². The van der Waals surface area contributed by atoms with E-state index >= 15 is 0 Å². The van der Waals surface area contributed by atoms with Crippen LogP contribution in [0.5, 0.6) is 0 Å². The van der Waals surface area contributed by atoms with Crippen LogP contribution in [0.1, 0.15) is 11.6 Å². The SMILES string of the molecule is Nc1cccc2[nH]c(Cc3nc4c(F)cccc4[nH]3)nc12. The minimum Gasteiger partial charge on any atom is -0.397 e. The summed E-state index contributed by atoms with van der Waals surface area (Å²) in [7, 11) is 0. The Kier molecular flexibility index (Phi) is 2.44. The molecule has 0 spiro atoms. The fourth-order valence-corrected chi connectivity index (χ4v) is 2.48. The molecule has 2 aromatic heterocycles. The molecule has 2 heterocycles. The molecule has 0 saturated heterocycles. The van der Waals surface area contributed by atoms with Gasteiger partial charge in [-0.05, 0) is 24.3 Å². The first-order chi connectivity index (χ1) is 10.2. The van der Waals surface area contributed by atoms with Crippen molar-refractivity contribution in [1.82, 2.24) is 19.9 Å². The van der Waals surface area contributed by atoms with E-state index in [-0.39, 0.29) is 5.82 Å². The Balaban J connectivity index is 1.75. The first-order valence-electron chi connectivity index (χ1n) is 6.57. The molecule has 0 aliphatic rings. The molecule has 4 rings (SSSR count). The molecule has 4 N–H and O–H groups in total. The molecule has 0 aliphatic heterocycles. The number of para-hydroxylation sites is 2. The van der Waals surface area contributed by atoms with Crippen LogP contribution in [0.2, 0.25) is 0 Å². The van der Waals surface area contributed by atoms with E-state index in [1.165, 1.54) is 6.07 Å². The van der Waals surface area contributed by atoms with E-state index in [1.54, 1.807) is 12.1 Å².